The van der Waals surface area contributed by atoms with Gasteiger partial charge in [-0.3, -0.25) is 0 Å². The molecule has 0 radical (unpaired) electrons. The van der Waals surface area contributed by atoms with E-state index in [1.165, 1.54) is 26.2 Å². The molecule has 0 amide bonds. The van der Waals surface area contributed by atoms with E-state index < -0.39 is 21.3 Å². The first-order valence-corrected chi connectivity index (χ1v) is 7.96. The summed E-state index contributed by atoms with van der Waals surface area (Å²) in [6.45, 7) is 1.45. The summed E-state index contributed by atoms with van der Waals surface area (Å²) in [6, 6.07) is 4.29. The third kappa shape index (κ3) is 4.47. The minimum absolute atomic E-state index is 0.0417. The highest BCUT2D eigenvalue weighted by Gasteiger charge is 2.30. The Morgan fingerprint density at radius 2 is 2.05 bits per heavy atom. The Labute approximate surface area is 113 Å². The highest BCUT2D eigenvalue weighted by molar-refractivity contribution is 7.90. The zero-order chi connectivity index (χ0) is 14.7. The molecule has 0 aliphatic rings. The van der Waals surface area contributed by atoms with E-state index in [0.717, 1.165) is 6.26 Å². The zero-order valence-electron chi connectivity index (χ0n) is 11.3. The molecule has 0 fully saturated rings. The molecule has 1 unspecified atom stereocenters. The van der Waals surface area contributed by atoms with Gasteiger partial charge in [0.2, 0.25) is 0 Å². The van der Waals surface area contributed by atoms with Crippen LogP contribution in [0.2, 0.25) is 0 Å². The molecule has 1 atom stereocenters. The number of hydrogen-bond donors (Lipinski definition) is 1. The predicted molar refractivity (Wildman–Crippen MR) is 71.5 cm³/mol. The smallest absolute Gasteiger partial charge is 0.147 e. The Morgan fingerprint density at radius 1 is 1.42 bits per heavy atom. The van der Waals surface area contributed by atoms with Crippen LogP contribution in [0.3, 0.4) is 0 Å². The van der Waals surface area contributed by atoms with Crippen molar-refractivity contribution < 1.29 is 22.7 Å². The van der Waals surface area contributed by atoms with Crippen molar-refractivity contribution in [1.29, 1.82) is 0 Å². The Morgan fingerprint density at radius 3 is 2.58 bits per heavy atom. The van der Waals surface area contributed by atoms with Crippen molar-refractivity contribution in [2.24, 2.45) is 0 Å². The number of sulfone groups is 1. The number of halogens is 1. The van der Waals surface area contributed by atoms with E-state index in [0.29, 0.717) is 0 Å². The van der Waals surface area contributed by atoms with Crippen molar-refractivity contribution >= 4 is 9.84 Å². The van der Waals surface area contributed by atoms with E-state index in [1.807, 2.05) is 0 Å². The summed E-state index contributed by atoms with van der Waals surface area (Å²) in [4.78, 5) is 0. The number of rotatable bonds is 6. The molecule has 0 spiro atoms. The largest absolute Gasteiger partial charge is 0.496 e. The van der Waals surface area contributed by atoms with E-state index in [-0.39, 0.29) is 29.9 Å². The highest BCUT2D eigenvalue weighted by atomic mass is 32.2. The monoisotopic (exact) mass is 290 g/mol. The van der Waals surface area contributed by atoms with Crippen LogP contribution in [-0.2, 0) is 15.4 Å². The first-order chi connectivity index (χ1) is 8.67. The number of ether oxygens (including phenoxy) is 1. The minimum Gasteiger partial charge on any atom is -0.496 e. The van der Waals surface area contributed by atoms with Crippen LogP contribution in [0.5, 0.6) is 5.75 Å². The maximum absolute atomic E-state index is 13.8. The normalized spacial score (nSPS) is 15.0. The van der Waals surface area contributed by atoms with Crippen molar-refractivity contribution in [3.63, 3.8) is 0 Å². The van der Waals surface area contributed by atoms with Crippen LogP contribution in [0.1, 0.15) is 25.3 Å². The quantitative estimate of drug-likeness (QED) is 0.868. The average molecular weight is 290 g/mol. The van der Waals surface area contributed by atoms with E-state index in [1.54, 1.807) is 6.07 Å². The van der Waals surface area contributed by atoms with Gasteiger partial charge < -0.3 is 9.84 Å². The topological polar surface area (TPSA) is 63.6 Å². The molecule has 0 aromatic heterocycles. The number of hydrogen-bond acceptors (Lipinski definition) is 4. The van der Waals surface area contributed by atoms with Crippen LogP contribution in [0.25, 0.3) is 0 Å². The van der Waals surface area contributed by atoms with Gasteiger partial charge in [-0.15, -0.1) is 0 Å². The van der Waals surface area contributed by atoms with Crippen molar-refractivity contribution in [2.45, 2.75) is 25.4 Å². The first kappa shape index (κ1) is 15.9. The Kier molecular flexibility index (Phi) is 4.92. The molecule has 108 valence electrons. The summed E-state index contributed by atoms with van der Waals surface area (Å²) < 4.78 is 41.0. The molecular formula is C13H19FO4S. The summed E-state index contributed by atoms with van der Waals surface area (Å²) in [5.41, 5.74) is -1.41. The molecule has 1 rings (SSSR count). The van der Waals surface area contributed by atoms with Gasteiger partial charge in [-0.2, -0.15) is 0 Å². The zero-order valence-corrected chi connectivity index (χ0v) is 12.1. The van der Waals surface area contributed by atoms with Crippen LogP contribution in [0.15, 0.2) is 18.2 Å². The fourth-order valence-electron chi connectivity index (χ4n) is 2.00. The third-order valence-corrected chi connectivity index (χ3v) is 3.94. The molecule has 0 saturated heterocycles. The van der Waals surface area contributed by atoms with Crippen molar-refractivity contribution in [3.8, 4) is 5.75 Å². The highest BCUT2D eigenvalue weighted by Crippen LogP contribution is 2.35. The standard InChI is InChI=1S/C13H19FO4S/c1-13(15,8-5-9-19(3,16)17)12-10(14)6-4-7-11(12)18-2/h4,6-7,15H,5,8-9H2,1-3H3. The fraction of sp³-hybridized carbons (Fsp3) is 0.538. The van der Waals surface area contributed by atoms with E-state index in [9.17, 15) is 17.9 Å². The molecule has 0 saturated carbocycles. The molecule has 6 heteroatoms. The molecule has 1 aromatic rings. The van der Waals surface area contributed by atoms with Gasteiger partial charge in [-0.25, -0.2) is 12.8 Å². The van der Waals surface area contributed by atoms with Crippen molar-refractivity contribution in [1.82, 2.24) is 0 Å². The van der Waals surface area contributed by atoms with Gasteiger partial charge in [0.15, 0.2) is 0 Å². The van der Waals surface area contributed by atoms with Crippen LogP contribution in [0, 0.1) is 5.82 Å². The average Bonchev–Trinajstić information content (AvgIpc) is 2.26. The summed E-state index contributed by atoms with van der Waals surface area (Å²) in [7, 11) is -1.70. The van der Waals surface area contributed by atoms with Gasteiger partial charge in [-0.05, 0) is 31.9 Å². The maximum Gasteiger partial charge on any atom is 0.147 e. The van der Waals surface area contributed by atoms with Gasteiger partial charge in [0.25, 0.3) is 0 Å². The summed E-state index contributed by atoms with van der Waals surface area (Å²) >= 11 is 0. The lowest BCUT2D eigenvalue weighted by atomic mass is 9.90. The molecule has 0 heterocycles. The Bertz CT molecular complexity index is 538. The molecule has 0 aliphatic heterocycles. The van der Waals surface area contributed by atoms with Gasteiger partial charge >= 0.3 is 0 Å². The number of methoxy groups -OCH3 is 1. The Hall–Kier alpha value is -1.14. The predicted octanol–water partition coefficient (Wildman–Crippen LogP) is 1.87. The molecule has 1 aromatic carbocycles. The van der Waals surface area contributed by atoms with Gasteiger partial charge in [0.1, 0.15) is 21.4 Å². The minimum atomic E-state index is -3.09. The molecule has 4 nitrogen and oxygen atoms in total. The molecule has 0 aliphatic carbocycles. The van der Waals surface area contributed by atoms with Crippen LogP contribution in [0.4, 0.5) is 4.39 Å². The lowest BCUT2D eigenvalue weighted by Gasteiger charge is -2.26. The second kappa shape index (κ2) is 5.88. The lowest BCUT2D eigenvalue weighted by molar-refractivity contribution is 0.0409. The third-order valence-electron chi connectivity index (χ3n) is 2.91. The van der Waals surface area contributed by atoms with Crippen molar-refractivity contribution in [3.05, 3.63) is 29.6 Å². The van der Waals surface area contributed by atoms with Crippen LogP contribution < -0.4 is 4.74 Å². The summed E-state index contributed by atoms with van der Waals surface area (Å²) in [5.74, 6) is -0.354. The first-order valence-electron chi connectivity index (χ1n) is 5.90. The van der Waals surface area contributed by atoms with E-state index >= 15 is 0 Å². The fourth-order valence-corrected chi connectivity index (χ4v) is 2.67. The Balaban J connectivity index is 2.94. The van der Waals surface area contributed by atoms with Crippen molar-refractivity contribution in [2.75, 3.05) is 19.1 Å². The SMILES string of the molecule is COc1cccc(F)c1C(C)(O)CCCS(C)(=O)=O. The van der Waals surface area contributed by atoms with Gasteiger partial charge in [0.05, 0.1) is 18.3 Å². The van der Waals surface area contributed by atoms with Crippen LogP contribution >= 0.6 is 0 Å². The molecular weight excluding hydrogens is 271 g/mol. The summed E-state index contributed by atoms with van der Waals surface area (Å²) in [5, 5.41) is 10.4. The molecule has 19 heavy (non-hydrogen) atoms. The second-order valence-corrected chi connectivity index (χ2v) is 7.08. The summed E-state index contributed by atoms with van der Waals surface area (Å²) in [6.07, 6.45) is 1.52. The van der Waals surface area contributed by atoms with Gasteiger partial charge in [0, 0.05) is 12.0 Å². The second-order valence-electron chi connectivity index (χ2n) is 4.82. The lowest BCUT2D eigenvalue weighted by Crippen LogP contribution is -2.24. The van der Waals surface area contributed by atoms with E-state index in [2.05, 4.69) is 0 Å². The van der Waals surface area contributed by atoms with E-state index in [4.69, 9.17) is 4.74 Å². The van der Waals surface area contributed by atoms with Gasteiger partial charge in [-0.1, -0.05) is 6.07 Å². The molecule has 1 N–H and O–H groups in total. The van der Waals surface area contributed by atoms with Crippen LogP contribution in [-0.4, -0.2) is 32.6 Å². The molecule has 0 bridgehead atoms. The number of aliphatic hydroxyl groups is 1. The number of benzene rings is 1. The maximum atomic E-state index is 13.8.